The van der Waals surface area contributed by atoms with Gasteiger partial charge in [0, 0.05) is 12.6 Å². The molecule has 1 unspecified atom stereocenters. The topological polar surface area (TPSA) is 32.5 Å². The molecule has 19 heavy (non-hydrogen) atoms. The number of hydrogen-bond acceptors (Lipinski definition) is 3. The van der Waals surface area contributed by atoms with Crippen molar-refractivity contribution in [2.75, 3.05) is 40.3 Å². The Bertz CT molecular complexity index is 324. The molecule has 0 aliphatic carbocycles. The van der Waals surface area contributed by atoms with Crippen LogP contribution in [0.2, 0.25) is 0 Å². The molecule has 0 aliphatic heterocycles. The summed E-state index contributed by atoms with van der Waals surface area (Å²) in [7, 11) is 4.25. The van der Waals surface area contributed by atoms with Crippen LogP contribution >= 0.6 is 0 Å². The predicted molar refractivity (Wildman–Crippen MR) is 83.4 cm³/mol. The minimum absolute atomic E-state index is 0.453. The lowest BCUT2D eigenvalue weighted by molar-refractivity contribution is 0.198. The van der Waals surface area contributed by atoms with Crippen LogP contribution < -0.4 is 5.73 Å². The van der Waals surface area contributed by atoms with Gasteiger partial charge in [-0.1, -0.05) is 37.3 Å². The van der Waals surface area contributed by atoms with E-state index in [1.165, 1.54) is 12.0 Å². The van der Waals surface area contributed by atoms with Gasteiger partial charge in [-0.25, -0.2) is 0 Å². The Hall–Kier alpha value is -0.900. The summed E-state index contributed by atoms with van der Waals surface area (Å²) in [6.45, 7) is 6.29. The first-order valence-corrected chi connectivity index (χ1v) is 7.30. The molecule has 0 saturated carbocycles. The fourth-order valence-corrected chi connectivity index (χ4v) is 2.44. The molecule has 3 nitrogen and oxygen atoms in total. The highest BCUT2D eigenvalue weighted by Gasteiger charge is 2.15. The maximum absolute atomic E-state index is 5.98. The minimum atomic E-state index is 0.453. The third-order valence-corrected chi connectivity index (χ3v) is 3.56. The number of benzene rings is 1. The molecule has 0 spiro atoms. The van der Waals surface area contributed by atoms with E-state index in [2.05, 4.69) is 61.2 Å². The van der Waals surface area contributed by atoms with Crippen molar-refractivity contribution in [3.63, 3.8) is 0 Å². The van der Waals surface area contributed by atoms with Gasteiger partial charge < -0.3 is 10.6 Å². The van der Waals surface area contributed by atoms with Crippen LogP contribution in [0.15, 0.2) is 30.3 Å². The number of hydrogen-bond donors (Lipinski definition) is 1. The largest absolute Gasteiger partial charge is 0.329 e. The number of likely N-dealkylation sites (N-methyl/N-ethyl adjacent to an activating group) is 1. The molecule has 1 atom stereocenters. The quantitative estimate of drug-likeness (QED) is 0.738. The predicted octanol–water partition coefficient (Wildman–Crippen LogP) is 1.83. The van der Waals surface area contributed by atoms with Gasteiger partial charge in [-0.15, -0.1) is 0 Å². The SMILES string of the molecule is CCN(CCCN(C)C)C(CN)Cc1ccccc1. The van der Waals surface area contributed by atoms with Crippen molar-refractivity contribution < 1.29 is 0 Å². The molecule has 3 heteroatoms. The maximum Gasteiger partial charge on any atom is 0.0258 e. The molecule has 1 aromatic carbocycles. The van der Waals surface area contributed by atoms with Gasteiger partial charge in [-0.05, 0) is 52.1 Å². The molecular formula is C16H29N3. The molecule has 0 heterocycles. The van der Waals surface area contributed by atoms with Crippen LogP contribution in [0, 0.1) is 0 Å². The van der Waals surface area contributed by atoms with Crippen LogP contribution in [0.3, 0.4) is 0 Å². The summed E-state index contributed by atoms with van der Waals surface area (Å²) in [6, 6.07) is 11.1. The van der Waals surface area contributed by atoms with Crippen molar-refractivity contribution in [3.05, 3.63) is 35.9 Å². The summed E-state index contributed by atoms with van der Waals surface area (Å²) >= 11 is 0. The first kappa shape index (κ1) is 16.2. The highest BCUT2D eigenvalue weighted by Crippen LogP contribution is 2.09. The maximum atomic E-state index is 5.98. The molecule has 0 aromatic heterocycles. The molecule has 1 rings (SSSR count). The lowest BCUT2D eigenvalue weighted by Crippen LogP contribution is -2.43. The van der Waals surface area contributed by atoms with E-state index in [9.17, 15) is 0 Å². The molecule has 1 aromatic rings. The third-order valence-electron chi connectivity index (χ3n) is 3.56. The second kappa shape index (κ2) is 9.08. The van der Waals surface area contributed by atoms with Gasteiger partial charge in [-0.3, -0.25) is 4.90 Å². The number of nitrogens with zero attached hydrogens (tertiary/aromatic N) is 2. The minimum Gasteiger partial charge on any atom is -0.329 e. The molecule has 2 N–H and O–H groups in total. The highest BCUT2D eigenvalue weighted by molar-refractivity contribution is 5.16. The normalized spacial score (nSPS) is 13.2. The van der Waals surface area contributed by atoms with Crippen molar-refractivity contribution in [1.29, 1.82) is 0 Å². The van der Waals surface area contributed by atoms with Gasteiger partial charge in [0.05, 0.1) is 0 Å². The van der Waals surface area contributed by atoms with Gasteiger partial charge in [0.1, 0.15) is 0 Å². The fourth-order valence-electron chi connectivity index (χ4n) is 2.44. The zero-order valence-corrected chi connectivity index (χ0v) is 12.7. The average Bonchev–Trinajstić information content (AvgIpc) is 2.42. The first-order valence-electron chi connectivity index (χ1n) is 7.30. The van der Waals surface area contributed by atoms with Gasteiger partial charge >= 0.3 is 0 Å². The van der Waals surface area contributed by atoms with Crippen molar-refractivity contribution in [2.24, 2.45) is 5.73 Å². The second-order valence-electron chi connectivity index (χ2n) is 5.36. The zero-order chi connectivity index (χ0) is 14.1. The van der Waals surface area contributed by atoms with Crippen molar-refractivity contribution in [2.45, 2.75) is 25.8 Å². The van der Waals surface area contributed by atoms with Crippen molar-refractivity contribution in [3.8, 4) is 0 Å². The second-order valence-corrected chi connectivity index (χ2v) is 5.36. The summed E-state index contributed by atoms with van der Waals surface area (Å²) < 4.78 is 0. The van der Waals surface area contributed by atoms with E-state index < -0.39 is 0 Å². The molecule has 0 fully saturated rings. The zero-order valence-electron chi connectivity index (χ0n) is 12.7. The van der Waals surface area contributed by atoms with E-state index in [0.717, 1.165) is 32.6 Å². The molecule has 108 valence electrons. The van der Waals surface area contributed by atoms with Crippen LogP contribution in [-0.4, -0.2) is 56.1 Å². The van der Waals surface area contributed by atoms with Crippen molar-refractivity contribution >= 4 is 0 Å². The van der Waals surface area contributed by atoms with E-state index in [0.29, 0.717) is 6.04 Å². The standard InChI is InChI=1S/C16H29N3/c1-4-19(12-8-11-18(2)3)16(14-17)13-15-9-6-5-7-10-15/h5-7,9-10,16H,4,8,11-14,17H2,1-3H3. The molecule has 0 saturated heterocycles. The van der Waals surface area contributed by atoms with E-state index in [1.54, 1.807) is 0 Å². The summed E-state index contributed by atoms with van der Waals surface area (Å²) in [6.07, 6.45) is 2.25. The summed E-state index contributed by atoms with van der Waals surface area (Å²) in [5, 5.41) is 0. The Balaban J connectivity index is 2.50. The summed E-state index contributed by atoms with van der Waals surface area (Å²) in [4.78, 5) is 4.75. The van der Waals surface area contributed by atoms with E-state index in [-0.39, 0.29) is 0 Å². The third kappa shape index (κ3) is 6.19. The molecule has 0 aliphatic rings. The molecule has 0 bridgehead atoms. The average molecular weight is 263 g/mol. The Labute approximate surface area is 118 Å². The van der Waals surface area contributed by atoms with E-state index in [4.69, 9.17) is 5.73 Å². The van der Waals surface area contributed by atoms with Gasteiger partial charge in [0.25, 0.3) is 0 Å². The summed E-state index contributed by atoms with van der Waals surface area (Å²) in [5.74, 6) is 0. The molecular weight excluding hydrogens is 234 g/mol. The monoisotopic (exact) mass is 263 g/mol. The molecule has 0 radical (unpaired) electrons. The Kier molecular flexibility index (Phi) is 7.72. The fraction of sp³-hybridized carbons (Fsp3) is 0.625. The number of rotatable bonds is 9. The highest BCUT2D eigenvalue weighted by atomic mass is 15.2. The smallest absolute Gasteiger partial charge is 0.0258 e. The van der Waals surface area contributed by atoms with Crippen molar-refractivity contribution in [1.82, 2.24) is 9.80 Å². The Morgan fingerprint density at radius 3 is 2.32 bits per heavy atom. The van der Waals surface area contributed by atoms with Crippen LogP contribution in [-0.2, 0) is 6.42 Å². The van der Waals surface area contributed by atoms with E-state index in [1.807, 2.05) is 0 Å². The Morgan fingerprint density at radius 2 is 1.79 bits per heavy atom. The Morgan fingerprint density at radius 1 is 1.11 bits per heavy atom. The van der Waals surface area contributed by atoms with Crippen LogP contribution in [0.1, 0.15) is 18.9 Å². The number of nitrogens with two attached hydrogens (primary N) is 1. The van der Waals surface area contributed by atoms with Crippen LogP contribution in [0.5, 0.6) is 0 Å². The van der Waals surface area contributed by atoms with Gasteiger partial charge in [-0.2, -0.15) is 0 Å². The summed E-state index contributed by atoms with van der Waals surface area (Å²) in [5.41, 5.74) is 7.36. The lowest BCUT2D eigenvalue weighted by atomic mass is 10.0. The van der Waals surface area contributed by atoms with E-state index >= 15 is 0 Å². The molecule has 0 amide bonds. The van der Waals surface area contributed by atoms with Gasteiger partial charge in [0.2, 0.25) is 0 Å². The first-order chi connectivity index (χ1) is 9.17. The van der Waals surface area contributed by atoms with Crippen LogP contribution in [0.4, 0.5) is 0 Å². The van der Waals surface area contributed by atoms with Gasteiger partial charge in [0.15, 0.2) is 0 Å². The lowest BCUT2D eigenvalue weighted by Gasteiger charge is -2.30. The van der Waals surface area contributed by atoms with Crippen LogP contribution in [0.25, 0.3) is 0 Å².